The van der Waals surface area contributed by atoms with Crippen molar-refractivity contribution in [2.45, 2.75) is 12.1 Å². The highest BCUT2D eigenvalue weighted by Crippen LogP contribution is 2.37. The standard InChI is InChI=1S/C11H7F5N2O3/c12-10(13,11(14,15)16)9(20)17-5-1-2-7-6(3-5)18-8(19)4-21-7/h1-3H,4H2,(H,17,20)(H,18,19). The van der Waals surface area contributed by atoms with Gasteiger partial charge in [-0.05, 0) is 18.2 Å². The van der Waals surface area contributed by atoms with Gasteiger partial charge in [-0.15, -0.1) is 0 Å². The Morgan fingerprint density at radius 2 is 1.90 bits per heavy atom. The molecular weight excluding hydrogens is 303 g/mol. The van der Waals surface area contributed by atoms with Gasteiger partial charge in [0.1, 0.15) is 5.75 Å². The Hall–Kier alpha value is -2.39. The van der Waals surface area contributed by atoms with E-state index >= 15 is 0 Å². The molecule has 0 saturated carbocycles. The molecule has 2 rings (SSSR count). The summed E-state index contributed by atoms with van der Waals surface area (Å²) in [5, 5.41) is 3.76. The Bertz CT molecular complexity index is 600. The highest BCUT2D eigenvalue weighted by molar-refractivity contribution is 5.99. The summed E-state index contributed by atoms with van der Waals surface area (Å²) in [6, 6.07) is 3.30. The second kappa shape index (κ2) is 4.86. The monoisotopic (exact) mass is 310 g/mol. The molecule has 0 bridgehead atoms. The van der Waals surface area contributed by atoms with Gasteiger partial charge in [-0.25, -0.2) is 0 Å². The Labute approximate surface area is 114 Å². The first-order valence-electron chi connectivity index (χ1n) is 5.44. The Kier molecular flexibility index (Phi) is 3.47. The normalized spacial score (nSPS) is 14.8. The largest absolute Gasteiger partial charge is 0.482 e. The lowest BCUT2D eigenvalue weighted by molar-refractivity contribution is -0.267. The minimum atomic E-state index is -6.00. The molecule has 114 valence electrons. The van der Waals surface area contributed by atoms with E-state index in [-0.39, 0.29) is 23.7 Å². The van der Waals surface area contributed by atoms with Crippen LogP contribution in [0.3, 0.4) is 0 Å². The number of carbonyl (C=O) groups excluding carboxylic acids is 2. The molecule has 0 aliphatic carbocycles. The molecule has 0 saturated heterocycles. The van der Waals surface area contributed by atoms with Gasteiger partial charge in [0.25, 0.3) is 5.91 Å². The topological polar surface area (TPSA) is 67.4 Å². The van der Waals surface area contributed by atoms with Crippen LogP contribution >= 0.6 is 0 Å². The number of alkyl halides is 5. The lowest BCUT2D eigenvalue weighted by Crippen LogP contribution is -2.47. The van der Waals surface area contributed by atoms with Gasteiger partial charge in [-0.1, -0.05) is 0 Å². The maximum absolute atomic E-state index is 12.8. The van der Waals surface area contributed by atoms with E-state index in [1.807, 2.05) is 0 Å². The summed E-state index contributed by atoms with van der Waals surface area (Å²) >= 11 is 0. The molecule has 0 fully saturated rings. The van der Waals surface area contributed by atoms with Gasteiger partial charge in [-0.3, -0.25) is 9.59 Å². The summed E-state index contributed by atoms with van der Waals surface area (Å²) in [6.45, 7) is -0.245. The fraction of sp³-hybridized carbons (Fsp3) is 0.273. The number of fused-ring (bicyclic) bond motifs is 1. The molecule has 1 heterocycles. The third-order valence-electron chi connectivity index (χ3n) is 2.51. The third kappa shape index (κ3) is 2.88. The molecule has 1 aliphatic heterocycles. The minimum absolute atomic E-state index is 0.0550. The average Bonchev–Trinajstić information content (AvgIpc) is 2.36. The molecule has 5 nitrogen and oxygen atoms in total. The molecule has 2 N–H and O–H groups in total. The van der Waals surface area contributed by atoms with Crippen molar-refractivity contribution in [1.82, 2.24) is 0 Å². The van der Waals surface area contributed by atoms with Crippen LogP contribution in [0.1, 0.15) is 0 Å². The molecule has 1 aliphatic rings. The second-order valence-corrected chi connectivity index (χ2v) is 4.07. The molecule has 0 radical (unpaired) electrons. The Balaban J connectivity index is 2.19. The van der Waals surface area contributed by atoms with E-state index in [1.54, 1.807) is 0 Å². The fourth-order valence-electron chi connectivity index (χ4n) is 1.50. The van der Waals surface area contributed by atoms with Crippen LogP contribution in [-0.4, -0.2) is 30.5 Å². The first kappa shape index (κ1) is 15.0. The maximum Gasteiger partial charge on any atom is 0.463 e. The molecule has 0 spiro atoms. The first-order chi connectivity index (χ1) is 9.61. The molecule has 0 aromatic heterocycles. The van der Waals surface area contributed by atoms with E-state index in [0.29, 0.717) is 0 Å². The van der Waals surface area contributed by atoms with Gasteiger partial charge in [-0.2, -0.15) is 22.0 Å². The van der Waals surface area contributed by atoms with Crippen molar-refractivity contribution in [3.05, 3.63) is 18.2 Å². The molecule has 21 heavy (non-hydrogen) atoms. The molecule has 10 heteroatoms. The number of halogens is 5. The number of carbonyl (C=O) groups is 2. The number of anilines is 2. The van der Waals surface area contributed by atoms with E-state index in [1.165, 1.54) is 11.4 Å². The van der Waals surface area contributed by atoms with Crippen LogP contribution in [0.4, 0.5) is 33.3 Å². The van der Waals surface area contributed by atoms with Crippen molar-refractivity contribution in [2.75, 3.05) is 17.2 Å². The van der Waals surface area contributed by atoms with Crippen LogP contribution in [0.5, 0.6) is 5.75 Å². The minimum Gasteiger partial charge on any atom is -0.482 e. The molecule has 0 atom stereocenters. The van der Waals surface area contributed by atoms with E-state index < -0.39 is 23.9 Å². The van der Waals surface area contributed by atoms with Crippen LogP contribution in [0.25, 0.3) is 0 Å². The molecule has 1 aromatic rings. The number of rotatable bonds is 2. The van der Waals surface area contributed by atoms with Gasteiger partial charge >= 0.3 is 18.0 Å². The summed E-state index contributed by atoms with van der Waals surface area (Å²) in [7, 11) is 0. The number of amides is 2. The predicted octanol–water partition coefficient (Wildman–Crippen LogP) is 2.15. The van der Waals surface area contributed by atoms with E-state index in [0.717, 1.165) is 12.1 Å². The van der Waals surface area contributed by atoms with Gasteiger partial charge in [0.15, 0.2) is 6.61 Å². The molecular formula is C11H7F5N2O3. The molecule has 0 unspecified atom stereocenters. The number of nitrogens with one attached hydrogen (secondary N) is 2. The van der Waals surface area contributed by atoms with E-state index in [9.17, 15) is 31.5 Å². The highest BCUT2D eigenvalue weighted by Gasteiger charge is 2.63. The third-order valence-corrected chi connectivity index (χ3v) is 2.51. The quantitative estimate of drug-likeness (QED) is 0.823. The van der Waals surface area contributed by atoms with Crippen molar-refractivity contribution in [3.8, 4) is 5.75 Å². The van der Waals surface area contributed by atoms with Gasteiger partial charge in [0.05, 0.1) is 5.69 Å². The number of hydrogen-bond acceptors (Lipinski definition) is 3. The predicted molar refractivity (Wildman–Crippen MR) is 60.2 cm³/mol. The average molecular weight is 310 g/mol. The zero-order chi connectivity index (χ0) is 15.8. The van der Waals surface area contributed by atoms with Crippen LogP contribution < -0.4 is 15.4 Å². The van der Waals surface area contributed by atoms with E-state index in [4.69, 9.17) is 4.74 Å². The van der Waals surface area contributed by atoms with Crippen LogP contribution in [0, 0.1) is 0 Å². The lowest BCUT2D eigenvalue weighted by atomic mass is 10.2. The van der Waals surface area contributed by atoms with Gasteiger partial charge in [0.2, 0.25) is 0 Å². The van der Waals surface area contributed by atoms with Gasteiger partial charge < -0.3 is 15.4 Å². The van der Waals surface area contributed by atoms with Gasteiger partial charge in [0, 0.05) is 5.69 Å². The van der Waals surface area contributed by atoms with Crippen molar-refractivity contribution in [3.63, 3.8) is 0 Å². The van der Waals surface area contributed by atoms with Crippen LogP contribution in [0.2, 0.25) is 0 Å². The van der Waals surface area contributed by atoms with Crippen molar-refractivity contribution in [1.29, 1.82) is 0 Å². The fourth-order valence-corrected chi connectivity index (χ4v) is 1.50. The van der Waals surface area contributed by atoms with Crippen molar-refractivity contribution < 1.29 is 36.3 Å². The van der Waals surface area contributed by atoms with Crippen LogP contribution in [0.15, 0.2) is 18.2 Å². The Morgan fingerprint density at radius 3 is 2.52 bits per heavy atom. The number of benzene rings is 1. The summed E-state index contributed by atoms with van der Waals surface area (Å²) in [6.07, 6.45) is -6.00. The molecule has 2 amide bonds. The summed E-state index contributed by atoms with van der Waals surface area (Å²) < 4.78 is 66.6. The summed E-state index contributed by atoms with van der Waals surface area (Å²) in [5.74, 6) is -8.36. The zero-order valence-corrected chi connectivity index (χ0v) is 10.1. The Morgan fingerprint density at radius 1 is 1.24 bits per heavy atom. The maximum atomic E-state index is 12.8. The first-order valence-corrected chi connectivity index (χ1v) is 5.44. The highest BCUT2D eigenvalue weighted by atomic mass is 19.4. The van der Waals surface area contributed by atoms with Crippen molar-refractivity contribution in [2.24, 2.45) is 0 Å². The smallest absolute Gasteiger partial charge is 0.463 e. The second-order valence-electron chi connectivity index (χ2n) is 4.07. The van der Waals surface area contributed by atoms with Crippen LogP contribution in [-0.2, 0) is 9.59 Å². The summed E-state index contributed by atoms with van der Waals surface area (Å²) in [5.41, 5.74) is -0.284. The van der Waals surface area contributed by atoms with Crippen molar-refractivity contribution >= 4 is 23.2 Å². The zero-order valence-electron chi connectivity index (χ0n) is 10.1. The number of ether oxygens (including phenoxy) is 1. The SMILES string of the molecule is O=C1COc2ccc(NC(=O)C(F)(F)C(F)(F)F)cc2N1. The molecule has 1 aromatic carbocycles. The lowest BCUT2D eigenvalue weighted by Gasteiger charge is -2.21. The summed E-state index contributed by atoms with van der Waals surface area (Å²) in [4.78, 5) is 22.1. The van der Waals surface area contributed by atoms with E-state index in [2.05, 4.69) is 5.32 Å². The number of hydrogen-bond donors (Lipinski definition) is 2.